The summed E-state index contributed by atoms with van der Waals surface area (Å²) in [5.74, 6) is 1.14. The zero-order valence-corrected chi connectivity index (χ0v) is 12.4. The Balaban J connectivity index is 2.09. The van der Waals surface area contributed by atoms with Crippen LogP contribution in [0.2, 0.25) is 0 Å². The standard InChI is InChI=1S/C11H24N2O2S2/c1-13(8-9-16-2)17(14,15)10-4-3-7-12-11-5-6-11/h11-12H,3-10H2,1-2H3. The van der Waals surface area contributed by atoms with Crippen LogP contribution in [0.5, 0.6) is 0 Å². The zero-order valence-electron chi connectivity index (χ0n) is 10.8. The molecular weight excluding hydrogens is 256 g/mol. The Labute approximate surface area is 110 Å². The number of hydrogen-bond acceptors (Lipinski definition) is 4. The smallest absolute Gasteiger partial charge is 0.213 e. The van der Waals surface area contributed by atoms with Crippen molar-refractivity contribution in [2.45, 2.75) is 31.7 Å². The van der Waals surface area contributed by atoms with E-state index in [2.05, 4.69) is 5.32 Å². The van der Waals surface area contributed by atoms with Crippen LogP contribution in [0.15, 0.2) is 0 Å². The van der Waals surface area contributed by atoms with E-state index in [-0.39, 0.29) is 5.75 Å². The summed E-state index contributed by atoms with van der Waals surface area (Å²) in [5, 5.41) is 3.39. The molecule has 1 aliphatic carbocycles. The third-order valence-corrected chi connectivity index (χ3v) is 5.45. The molecule has 0 aromatic rings. The molecule has 1 N–H and O–H groups in total. The second-order valence-electron chi connectivity index (χ2n) is 4.57. The van der Waals surface area contributed by atoms with Crippen molar-refractivity contribution in [3.63, 3.8) is 0 Å². The second kappa shape index (κ2) is 7.61. The lowest BCUT2D eigenvalue weighted by atomic mass is 10.3. The summed E-state index contributed by atoms with van der Waals surface area (Å²) in [6, 6.07) is 0.718. The molecule has 6 heteroatoms. The van der Waals surface area contributed by atoms with Crippen LogP contribution in [0.3, 0.4) is 0 Å². The fourth-order valence-electron chi connectivity index (χ4n) is 1.52. The summed E-state index contributed by atoms with van der Waals surface area (Å²) in [6.45, 7) is 1.57. The fourth-order valence-corrected chi connectivity index (χ4v) is 3.34. The minimum Gasteiger partial charge on any atom is -0.314 e. The van der Waals surface area contributed by atoms with E-state index in [1.54, 1.807) is 18.8 Å². The maximum atomic E-state index is 11.8. The van der Waals surface area contributed by atoms with Crippen molar-refractivity contribution in [2.24, 2.45) is 0 Å². The highest BCUT2D eigenvalue weighted by Gasteiger charge is 2.20. The first-order valence-corrected chi connectivity index (χ1v) is 9.23. The third kappa shape index (κ3) is 6.64. The summed E-state index contributed by atoms with van der Waals surface area (Å²) in [5.41, 5.74) is 0. The summed E-state index contributed by atoms with van der Waals surface area (Å²) < 4.78 is 25.2. The molecule has 0 amide bonds. The molecule has 0 atom stereocenters. The van der Waals surface area contributed by atoms with Gasteiger partial charge in [-0.05, 0) is 38.5 Å². The van der Waals surface area contributed by atoms with Crippen molar-refractivity contribution in [1.82, 2.24) is 9.62 Å². The predicted octanol–water partition coefficient (Wildman–Crippen LogP) is 1.14. The molecule has 1 rings (SSSR count). The second-order valence-corrected chi connectivity index (χ2v) is 7.75. The third-order valence-electron chi connectivity index (χ3n) is 2.92. The molecule has 0 bridgehead atoms. The minimum atomic E-state index is -3.03. The van der Waals surface area contributed by atoms with E-state index >= 15 is 0 Å². The summed E-state index contributed by atoms with van der Waals surface area (Å²) in [4.78, 5) is 0. The Kier molecular flexibility index (Phi) is 6.84. The molecule has 0 aromatic carbocycles. The number of thioether (sulfide) groups is 1. The Morgan fingerprint density at radius 2 is 2.06 bits per heavy atom. The SMILES string of the molecule is CSCCN(C)S(=O)(=O)CCCCNC1CC1. The molecule has 102 valence electrons. The number of sulfonamides is 1. The highest BCUT2D eigenvalue weighted by molar-refractivity contribution is 7.98. The van der Waals surface area contributed by atoms with Gasteiger partial charge in [-0.2, -0.15) is 11.8 Å². The lowest BCUT2D eigenvalue weighted by Gasteiger charge is -2.16. The van der Waals surface area contributed by atoms with Gasteiger partial charge in [0.1, 0.15) is 0 Å². The van der Waals surface area contributed by atoms with Crippen molar-refractivity contribution in [3.05, 3.63) is 0 Å². The number of unbranched alkanes of at least 4 members (excludes halogenated alkanes) is 1. The highest BCUT2D eigenvalue weighted by atomic mass is 32.2. The fraction of sp³-hybridized carbons (Fsp3) is 1.00. The molecule has 4 nitrogen and oxygen atoms in total. The number of nitrogens with zero attached hydrogens (tertiary/aromatic N) is 1. The van der Waals surface area contributed by atoms with Crippen LogP contribution in [0.4, 0.5) is 0 Å². The van der Waals surface area contributed by atoms with Crippen molar-refractivity contribution >= 4 is 21.8 Å². The molecule has 0 saturated heterocycles. The molecule has 0 spiro atoms. The minimum absolute atomic E-state index is 0.282. The van der Waals surface area contributed by atoms with Crippen molar-refractivity contribution < 1.29 is 8.42 Å². The van der Waals surface area contributed by atoms with Gasteiger partial charge in [-0.3, -0.25) is 0 Å². The summed E-state index contributed by atoms with van der Waals surface area (Å²) in [7, 11) is -1.35. The molecule has 1 saturated carbocycles. The summed E-state index contributed by atoms with van der Waals surface area (Å²) >= 11 is 1.67. The van der Waals surface area contributed by atoms with Gasteiger partial charge in [0.15, 0.2) is 0 Å². The van der Waals surface area contributed by atoms with Crippen LogP contribution in [0, 0.1) is 0 Å². The zero-order chi connectivity index (χ0) is 12.7. The van der Waals surface area contributed by atoms with Gasteiger partial charge in [-0.1, -0.05) is 0 Å². The molecular formula is C11H24N2O2S2. The van der Waals surface area contributed by atoms with Gasteiger partial charge in [-0.15, -0.1) is 0 Å². The average Bonchev–Trinajstić information content (AvgIpc) is 3.09. The predicted molar refractivity (Wildman–Crippen MR) is 75.1 cm³/mol. The Morgan fingerprint density at radius 3 is 2.65 bits per heavy atom. The molecule has 17 heavy (non-hydrogen) atoms. The Bertz CT molecular complexity index is 303. The largest absolute Gasteiger partial charge is 0.314 e. The molecule has 1 aliphatic rings. The molecule has 1 fully saturated rings. The topological polar surface area (TPSA) is 49.4 Å². The van der Waals surface area contributed by atoms with Crippen LogP contribution in [0.25, 0.3) is 0 Å². The number of hydrogen-bond donors (Lipinski definition) is 1. The van der Waals surface area contributed by atoms with E-state index in [0.717, 1.165) is 31.2 Å². The van der Waals surface area contributed by atoms with Crippen LogP contribution in [-0.2, 0) is 10.0 Å². The average molecular weight is 280 g/mol. The van der Waals surface area contributed by atoms with Crippen LogP contribution >= 0.6 is 11.8 Å². The number of rotatable bonds is 10. The van der Waals surface area contributed by atoms with Gasteiger partial charge in [-0.25, -0.2) is 12.7 Å². The van der Waals surface area contributed by atoms with Crippen molar-refractivity contribution in [2.75, 3.05) is 37.9 Å². The molecule has 0 unspecified atom stereocenters. The van der Waals surface area contributed by atoms with Crippen molar-refractivity contribution in [3.8, 4) is 0 Å². The normalized spacial score (nSPS) is 16.6. The van der Waals surface area contributed by atoms with Gasteiger partial charge >= 0.3 is 0 Å². The summed E-state index contributed by atoms with van der Waals surface area (Å²) in [6.07, 6.45) is 6.27. The Hall–Kier alpha value is 0.220. The lowest BCUT2D eigenvalue weighted by Crippen LogP contribution is -2.31. The quantitative estimate of drug-likeness (QED) is 0.610. The van der Waals surface area contributed by atoms with Gasteiger partial charge in [0, 0.05) is 25.4 Å². The highest BCUT2D eigenvalue weighted by Crippen LogP contribution is 2.18. The van der Waals surface area contributed by atoms with Gasteiger partial charge in [0.05, 0.1) is 5.75 Å². The van der Waals surface area contributed by atoms with Crippen LogP contribution in [-0.4, -0.2) is 56.7 Å². The number of nitrogens with one attached hydrogen (secondary N) is 1. The van der Waals surface area contributed by atoms with E-state index in [1.807, 2.05) is 6.26 Å². The molecule has 0 aliphatic heterocycles. The maximum Gasteiger partial charge on any atom is 0.213 e. The van der Waals surface area contributed by atoms with E-state index in [4.69, 9.17) is 0 Å². The Morgan fingerprint density at radius 1 is 1.35 bits per heavy atom. The first-order chi connectivity index (χ1) is 8.06. The van der Waals surface area contributed by atoms with Gasteiger partial charge in [0.2, 0.25) is 10.0 Å². The monoisotopic (exact) mass is 280 g/mol. The lowest BCUT2D eigenvalue weighted by molar-refractivity contribution is 0.485. The van der Waals surface area contributed by atoms with E-state index in [9.17, 15) is 8.42 Å². The van der Waals surface area contributed by atoms with Crippen molar-refractivity contribution in [1.29, 1.82) is 0 Å². The first kappa shape index (κ1) is 15.3. The van der Waals surface area contributed by atoms with Crippen LogP contribution in [0.1, 0.15) is 25.7 Å². The van der Waals surface area contributed by atoms with Gasteiger partial charge < -0.3 is 5.32 Å². The van der Waals surface area contributed by atoms with Crippen LogP contribution < -0.4 is 5.32 Å². The van der Waals surface area contributed by atoms with E-state index in [0.29, 0.717) is 6.54 Å². The molecule has 0 heterocycles. The van der Waals surface area contributed by atoms with Gasteiger partial charge in [0.25, 0.3) is 0 Å². The molecule has 0 aromatic heterocycles. The maximum absolute atomic E-state index is 11.8. The van der Waals surface area contributed by atoms with E-state index in [1.165, 1.54) is 17.1 Å². The molecule has 0 radical (unpaired) electrons. The van der Waals surface area contributed by atoms with E-state index < -0.39 is 10.0 Å². The first-order valence-electron chi connectivity index (χ1n) is 6.22.